The van der Waals surface area contributed by atoms with Crippen LogP contribution in [0.1, 0.15) is 31.2 Å². The summed E-state index contributed by atoms with van der Waals surface area (Å²) in [5, 5.41) is 3.20. The highest BCUT2D eigenvalue weighted by Gasteiger charge is 2.45. The Balaban J connectivity index is 1.46. The van der Waals surface area contributed by atoms with E-state index in [0.717, 1.165) is 75.0 Å². The summed E-state index contributed by atoms with van der Waals surface area (Å²) in [4.78, 5) is 17.7. The molecule has 1 N–H and O–H groups in total. The number of amides is 1. The molecule has 0 radical (unpaired) electrons. The molecule has 1 aromatic rings. The van der Waals surface area contributed by atoms with Gasteiger partial charge in [0, 0.05) is 37.2 Å². The number of rotatable bonds is 6. The zero-order valence-electron chi connectivity index (χ0n) is 14.6. The van der Waals surface area contributed by atoms with Crippen LogP contribution < -0.4 is 5.32 Å². The number of halogens is 1. The largest absolute Gasteiger partial charge is 0.355 e. The molecule has 2 fully saturated rings. The molecule has 24 heavy (non-hydrogen) atoms. The lowest BCUT2D eigenvalue weighted by atomic mass is 9.64. The number of hydrogen-bond donors (Lipinski definition) is 1. The monoisotopic (exact) mass is 393 g/mol. The van der Waals surface area contributed by atoms with Gasteiger partial charge >= 0.3 is 0 Å². The minimum Gasteiger partial charge on any atom is -0.355 e. The van der Waals surface area contributed by atoms with E-state index in [2.05, 4.69) is 50.2 Å². The number of likely N-dealkylation sites (N-methyl/N-ethyl adjacent to an activating group) is 1. The van der Waals surface area contributed by atoms with Gasteiger partial charge in [0.2, 0.25) is 5.91 Å². The van der Waals surface area contributed by atoms with Gasteiger partial charge in [0.1, 0.15) is 0 Å². The second-order valence-corrected chi connectivity index (χ2v) is 8.11. The van der Waals surface area contributed by atoms with Gasteiger partial charge in [0.05, 0.1) is 5.41 Å². The Labute approximate surface area is 153 Å². The first-order valence-electron chi connectivity index (χ1n) is 9.05. The zero-order valence-corrected chi connectivity index (χ0v) is 16.1. The number of piperazine rings is 1. The fourth-order valence-corrected chi connectivity index (χ4v) is 3.96. The third kappa shape index (κ3) is 4.01. The maximum atomic E-state index is 12.8. The van der Waals surface area contributed by atoms with Gasteiger partial charge in [0.15, 0.2) is 0 Å². The number of benzene rings is 1. The summed E-state index contributed by atoms with van der Waals surface area (Å²) in [6, 6.07) is 8.26. The summed E-state index contributed by atoms with van der Waals surface area (Å²) in [5.74, 6) is 0.217. The minimum absolute atomic E-state index is 0.217. The summed E-state index contributed by atoms with van der Waals surface area (Å²) >= 11 is 3.47. The lowest BCUT2D eigenvalue weighted by Gasteiger charge is -2.41. The Morgan fingerprint density at radius 1 is 1.17 bits per heavy atom. The van der Waals surface area contributed by atoms with Gasteiger partial charge in [0.25, 0.3) is 0 Å². The molecule has 5 heteroatoms. The van der Waals surface area contributed by atoms with Gasteiger partial charge in [-0.05, 0) is 50.6 Å². The Morgan fingerprint density at radius 3 is 2.42 bits per heavy atom. The second-order valence-electron chi connectivity index (χ2n) is 7.20. The average molecular weight is 394 g/mol. The first kappa shape index (κ1) is 17.9. The van der Waals surface area contributed by atoms with Gasteiger partial charge in [-0.1, -0.05) is 34.5 Å². The van der Waals surface area contributed by atoms with Crippen molar-refractivity contribution < 1.29 is 4.79 Å². The molecule has 1 heterocycles. The van der Waals surface area contributed by atoms with Crippen LogP contribution in [-0.2, 0) is 10.2 Å². The highest BCUT2D eigenvalue weighted by molar-refractivity contribution is 9.10. The fourth-order valence-electron chi connectivity index (χ4n) is 3.69. The summed E-state index contributed by atoms with van der Waals surface area (Å²) in [7, 11) is 2.18. The summed E-state index contributed by atoms with van der Waals surface area (Å²) in [6.07, 6.45) is 4.12. The van der Waals surface area contributed by atoms with Gasteiger partial charge in [-0.25, -0.2) is 0 Å². The van der Waals surface area contributed by atoms with Crippen molar-refractivity contribution in [3.8, 4) is 0 Å². The number of carbonyl (C=O) groups excluding carboxylic acids is 1. The van der Waals surface area contributed by atoms with E-state index in [9.17, 15) is 4.79 Å². The van der Waals surface area contributed by atoms with Crippen molar-refractivity contribution in [3.05, 3.63) is 34.3 Å². The van der Waals surface area contributed by atoms with E-state index in [1.54, 1.807) is 0 Å². The molecule has 1 aliphatic carbocycles. The number of nitrogens with zero attached hydrogens (tertiary/aromatic N) is 2. The van der Waals surface area contributed by atoms with Crippen LogP contribution in [0.25, 0.3) is 0 Å². The molecule has 0 aromatic heterocycles. The normalized spacial score (nSPS) is 21.2. The molecule has 3 rings (SSSR count). The molecular weight excluding hydrogens is 366 g/mol. The van der Waals surface area contributed by atoms with E-state index in [1.165, 1.54) is 0 Å². The lowest BCUT2D eigenvalue weighted by Crippen LogP contribution is -2.50. The van der Waals surface area contributed by atoms with Crippen LogP contribution in [-0.4, -0.2) is 62.0 Å². The molecule has 0 unspecified atom stereocenters. The molecule has 1 saturated carbocycles. The van der Waals surface area contributed by atoms with E-state index in [4.69, 9.17) is 0 Å². The van der Waals surface area contributed by atoms with Crippen molar-refractivity contribution in [3.63, 3.8) is 0 Å². The minimum atomic E-state index is -0.283. The predicted molar refractivity (Wildman–Crippen MR) is 101 cm³/mol. The number of nitrogens with one attached hydrogen (secondary N) is 1. The van der Waals surface area contributed by atoms with Gasteiger partial charge in [-0.15, -0.1) is 0 Å². The van der Waals surface area contributed by atoms with Gasteiger partial charge in [-0.3, -0.25) is 4.79 Å². The SMILES string of the molecule is CN1CCN(CCCNC(=O)C2(c3ccc(Br)cc3)CCC2)CC1. The molecule has 1 saturated heterocycles. The van der Waals surface area contributed by atoms with Crippen LogP contribution in [0.15, 0.2) is 28.7 Å². The molecule has 1 aliphatic heterocycles. The first-order chi connectivity index (χ1) is 11.6. The van der Waals surface area contributed by atoms with Gasteiger partial charge in [-0.2, -0.15) is 0 Å². The molecule has 0 spiro atoms. The lowest BCUT2D eigenvalue weighted by molar-refractivity contribution is -0.129. The average Bonchev–Trinajstić information content (AvgIpc) is 2.54. The summed E-state index contributed by atoms with van der Waals surface area (Å²) < 4.78 is 1.06. The van der Waals surface area contributed by atoms with Crippen molar-refractivity contribution in [1.29, 1.82) is 0 Å². The van der Waals surface area contributed by atoms with Crippen molar-refractivity contribution in [2.75, 3.05) is 46.3 Å². The maximum absolute atomic E-state index is 12.8. The van der Waals surface area contributed by atoms with E-state index in [0.29, 0.717) is 0 Å². The molecule has 0 bridgehead atoms. The van der Waals surface area contributed by atoms with Crippen LogP contribution in [0, 0.1) is 0 Å². The molecule has 1 amide bonds. The van der Waals surface area contributed by atoms with Crippen molar-refractivity contribution >= 4 is 21.8 Å². The van der Waals surface area contributed by atoms with Crippen LogP contribution in [0.3, 0.4) is 0 Å². The van der Waals surface area contributed by atoms with E-state index in [1.807, 2.05) is 12.1 Å². The summed E-state index contributed by atoms with van der Waals surface area (Å²) in [5.41, 5.74) is 0.877. The molecule has 2 aliphatic rings. The smallest absolute Gasteiger partial charge is 0.230 e. The van der Waals surface area contributed by atoms with E-state index in [-0.39, 0.29) is 11.3 Å². The third-order valence-electron chi connectivity index (χ3n) is 5.57. The fraction of sp³-hybridized carbons (Fsp3) is 0.632. The third-order valence-corrected chi connectivity index (χ3v) is 6.10. The second kappa shape index (κ2) is 7.98. The molecule has 132 valence electrons. The van der Waals surface area contributed by atoms with Crippen LogP contribution in [0.4, 0.5) is 0 Å². The number of carbonyl (C=O) groups is 1. The Kier molecular flexibility index (Phi) is 5.95. The van der Waals surface area contributed by atoms with Crippen molar-refractivity contribution in [1.82, 2.24) is 15.1 Å². The Bertz CT molecular complexity index is 548. The molecule has 4 nitrogen and oxygen atoms in total. The van der Waals surface area contributed by atoms with Gasteiger partial charge < -0.3 is 15.1 Å². The number of hydrogen-bond acceptors (Lipinski definition) is 3. The zero-order chi connectivity index (χ0) is 17.0. The quantitative estimate of drug-likeness (QED) is 0.754. The van der Waals surface area contributed by atoms with Crippen molar-refractivity contribution in [2.45, 2.75) is 31.1 Å². The molecular formula is C19H28BrN3O. The van der Waals surface area contributed by atoms with E-state index < -0.39 is 0 Å². The van der Waals surface area contributed by atoms with Crippen molar-refractivity contribution in [2.24, 2.45) is 0 Å². The maximum Gasteiger partial charge on any atom is 0.230 e. The topological polar surface area (TPSA) is 35.6 Å². The molecule has 1 aromatic carbocycles. The van der Waals surface area contributed by atoms with Crippen LogP contribution in [0.5, 0.6) is 0 Å². The van der Waals surface area contributed by atoms with E-state index >= 15 is 0 Å². The Morgan fingerprint density at radius 2 is 1.83 bits per heavy atom. The molecule has 0 atom stereocenters. The highest BCUT2D eigenvalue weighted by Crippen LogP contribution is 2.44. The van der Waals surface area contributed by atoms with Crippen LogP contribution in [0.2, 0.25) is 0 Å². The summed E-state index contributed by atoms with van der Waals surface area (Å²) in [6.45, 7) is 6.46. The standard InChI is InChI=1S/C19H28BrN3O/c1-22-12-14-23(15-13-22)11-3-10-21-18(24)19(8-2-9-19)16-4-6-17(20)7-5-16/h4-7H,2-3,8-15H2,1H3,(H,21,24). The Hall–Kier alpha value is -0.910. The predicted octanol–water partition coefficient (Wildman–Crippen LogP) is 2.62. The van der Waals surface area contributed by atoms with Crippen LogP contribution >= 0.6 is 15.9 Å². The first-order valence-corrected chi connectivity index (χ1v) is 9.85. The highest BCUT2D eigenvalue weighted by atomic mass is 79.9.